The summed E-state index contributed by atoms with van der Waals surface area (Å²) in [5.74, 6) is 0.427. The van der Waals surface area contributed by atoms with Crippen molar-refractivity contribution in [2.45, 2.75) is 57.6 Å². The maximum atomic E-state index is 11.7. The van der Waals surface area contributed by atoms with Crippen LogP contribution in [0.1, 0.15) is 20.8 Å². The highest BCUT2D eigenvalue weighted by atomic mass is 16.7. The fraction of sp³-hybridized carbons (Fsp3) is 0.611. The van der Waals surface area contributed by atoms with Crippen LogP contribution in [0, 0.1) is 0 Å². The summed E-state index contributed by atoms with van der Waals surface area (Å²) >= 11 is 0. The minimum Gasteiger partial charge on any atom is -0.490 e. The average Bonchev–Trinajstić information content (AvgIpc) is 2.63. The molecular weight excluding hydrogens is 374 g/mol. The summed E-state index contributed by atoms with van der Waals surface area (Å²) in [6.07, 6.45) is -7.93. The van der Waals surface area contributed by atoms with Gasteiger partial charge in [-0.3, -0.25) is 5.32 Å². The monoisotopic (exact) mass is 401 g/mol. The predicted molar refractivity (Wildman–Crippen MR) is 97.2 cm³/mol. The van der Waals surface area contributed by atoms with E-state index in [0.29, 0.717) is 12.3 Å². The summed E-state index contributed by atoms with van der Waals surface area (Å²) in [6, 6.07) is 4.52. The van der Waals surface area contributed by atoms with Crippen LogP contribution in [0.25, 0.3) is 0 Å². The van der Waals surface area contributed by atoms with E-state index in [4.69, 9.17) is 18.9 Å². The molecule has 0 aliphatic carbocycles. The molecule has 1 aromatic rings. The van der Waals surface area contributed by atoms with Crippen LogP contribution in [0.2, 0.25) is 0 Å². The van der Waals surface area contributed by atoms with Gasteiger partial charge in [0.05, 0.1) is 19.3 Å². The van der Waals surface area contributed by atoms with Crippen molar-refractivity contribution in [3.63, 3.8) is 0 Å². The predicted octanol–water partition coefficient (Wildman–Crippen LogP) is 0.221. The molecule has 0 aromatic heterocycles. The Kier molecular flexibility index (Phi) is 7.84. The van der Waals surface area contributed by atoms with E-state index in [2.05, 4.69) is 5.32 Å². The topological polar surface area (TPSA) is 147 Å². The number of ether oxygens (including phenoxy) is 4. The molecule has 1 fully saturated rings. The van der Waals surface area contributed by atoms with Gasteiger partial charge in [0.15, 0.2) is 11.5 Å². The number of carbonyl (C=O) groups excluding carboxylic acids is 1. The Bertz CT molecular complexity index is 652. The summed E-state index contributed by atoms with van der Waals surface area (Å²) in [5, 5.41) is 41.6. The lowest BCUT2D eigenvalue weighted by molar-refractivity contribution is -0.277. The molecule has 0 bridgehead atoms. The molecule has 1 amide bonds. The molecule has 1 heterocycles. The second-order valence-corrected chi connectivity index (χ2v) is 6.49. The quantitative estimate of drug-likeness (QED) is 0.433. The molecule has 28 heavy (non-hydrogen) atoms. The minimum absolute atomic E-state index is 0.175. The lowest BCUT2D eigenvalue weighted by Gasteiger charge is -2.39. The van der Waals surface area contributed by atoms with Crippen molar-refractivity contribution in [3.05, 3.63) is 18.2 Å². The summed E-state index contributed by atoms with van der Waals surface area (Å²) in [6.45, 7) is 4.94. The van der Waals surface area contributed by atoms with E-state index < -0.39 is 43.4 Å². The molecule has 0 unspecified atom stereocenters. The van der Waals surface area contributed by atoms with Crippen LogP contribution < -0.4 is 14.8 Å². The van der Waals surface area contributed by atoms with Crippen molar-refractivity contribution >= 4 is 11.8 Å². The molecular formula is C18H27NO9. The van der Waals surface area contributed by atoms with Crippen LogP contribution in [0.5, 0.6) is 11.5 Å². The standard InChI is InChI=1S/C18H27NO9/c1-4-25-12-7-10(19-18(24)26-9(2)3)5-6-11(12)27-17-16(23)15(22)14(21)13(8-20)28-17/h5-7,9,13-17,20-23H,4,8H2,1-3H3,(H,19,24)/t13-,14-,15+,16-,17-/m1/s1. The largest absolute Gasteiger partial charge is 0.490 e. The van der Waals surface area contributed by atoms with Crippen molar-refractivity contribution in [3.8, 4) is 11.5 Å². The number of carbonyl (C=O) groups is 1. The molecule has 1 aliphatic heterocycles. The number of aliphatic hydroxyl groups is 4. The van der Waals surface area contributed by atoms with E-state index in [0.717, 1.165) is 0 Å². The van der Waals surface area contributed by atoms with E-state index in [9.17, 15) is 25.2 Å². The summed E-state index contributed by atoms with van der Waals surface area (Å²) in [4.78, 5) is 11.7. The van der Waals surface area contributed by atoms with E-state index in [-0.39, 0.29) is 17.6 Å². The van der Waals surface area contributed by atoms with Gasteiger partial charge in [-0.15, -0.1) is 0 Å². The van der Waals surface area contributed by atoms with Gasteiger partial charge < -0.3 is 39.4 Å². The zero-order valence-electron chi connectivity index (χ0n) is 15.9. The van der Waals surface area contributed by atoms with Crippen molar-refractivity contribution in [1.29, 1.82) is 0 Å². The minimum atomic E-state index is -1.56. The van der Waals surface area contributed by atoms with Crippen LogP contribution in [-0.4, -0.2) is 76.5 Å². The molecule has 1 saturated heterocycles. The number of benzene rings is 1. The molecule has 10 heteroatoms. The van der Waals surface area contributed by atoms with Gasteiger partial charge in [-0.2, -0.15) is 0 Å². The lowest BCUT2D eigenvalue weighted by Crippen LogP contribution is -2.60. The number of anilines is 1. The van der Waals surface area contributed by atoms with Crippen LogP contribution in [0.3, 0.4) is 0 Å². The fourth-order valence-electron chi connectivity index (χ4n) is 2.60. The van der Waals surface area contributed by atoms with Gasteiger partial charge >= 0.3 is 6.09 Å². The van der Waals surface area contributed by atoms with Crippen molar-refractivity contribution in [1.82, 2.24) is 0 Å². The van der Waals surface area contributed by atoms with Crippen molar-refractivity contribution in [2.24, 2.45) is 0 Å². The molecule has 5 atom stereocenters. The molecule has 0 saturated carbocycles. The first-order chi connectivity index (χ1) is 13.3. The Morgan fingerprint density at radius 2 is 1.89 bits per heavy atom. The number of rotatable bonds is 7. The maximum Gasteiger partial charge on any atom is 0.411 e. The molecule has 0 spiro atoms. The van der Waals surface area contributed by atoms with Crippen LogP contribution >= 0.6 is 0 Å². The molecule has 158 valence electrons. The number of hydrogen-bond acceptors (Lipinski definition) is 9. The third kappa shape index (κ3) is 5.46. The molecule has 1 aromatic carbocycles. The Morgan fingerprint density at radius 3 is 2.50 bits per heavy atom. The normalized spacial score (nSPS) is 27.4. The summed E-state index contributed by atoms with van der Waals surface area (Å²) < 4.78 is 21.4. The molecule has 0 radical (unpaired) electrons. The molecule has 10 nitrogen and oxygen atoms in total. The van der Waals surface area contributed by atoms with E-state index in [1.54, 1.807) is 20.8 Å². The van der Waals surface area contributed by atoms with Gasteiger partial charge in [0.2, 0.25) is 6.29 Å². The highest BCUT2D eigenvalue weighted by Crippen LogP contribution is 2.33. The average molecular weight is 401 g/mol. The molecule has 5 N–H and O–H groups in total. The number of amides is 1. The highest BCUT2D eigenvalue weighted by molar-refractivity contribution is 5.85. The van der Waals surface area contributed by atoms with Gasteiger partial charge in [-0.1, -0.05) is 0 Å². The smallest absolute Gasteiger partial charge is 0.411 e. The Balaban J connectivity index is 2.16. The third-order valence-corrected chi connectivity index (χ3v) is 3.92. The SMILES string of the molecule is CCOc1cc(NC(=O)OC(C)C)ccc1O[C@@H]1O[C@H](CO)[C@@H](O)[C@H](O)[C@H]1O. The van der Waals surface area contributed by atoms with Crippen LogP contribution in [0.15, 0.2) is 18.2 Å². The fourth-order valence-corrected chi connectivity index (χ4v) is 2.60. The summed E-state index contributed by atoms with van der Waals surface area (Å²) in [5.41, 5.74) is 0.398. The highest BCUT2D eigenvalue weighted by Gasteiger charge is 2.44. The maximum absolute atomic E-state index is 11.7. The second kappa shape index (κ2) is 9.89. The third-order valence-electron chi connectivity index (χ3n) is 3.92. The first-order valence-corrected chi connectivity index (χ1v) is 8.98. The number of hydrogen-bond donors (Lipinski definition) is 5. The van der Waals surface area contributed by atoms with Gasteiger partial charge in [-0.05, 0) is 32.9 Å². The molecule has 2 rings (SSSR count). The van der Waals surface area contributed by atoms with Gasteiger partial charge in [0.25, 0.3) is 0 Å². The van der Waals surface area contributed by atoms with E-state index in [1.165, 1.54) is 18.2 Å². The second-order valence-electron chi connectivity index (χ2n) is 6.49. The molecule has 1 aliphatic rings. The van der Waals surface area contributed by atoms with Crippen LogP contribution in [-0.2, 0) is 9.47 Å². The number of nitrogens with one attached hydrogen (secondary N) is 1. The lowest BCUT2D eigenvalue weighted by atomic mass is 9.99. The van der Waals surface area contributed by atoms with E-state index in [1.807, 2.05) is 0 Å². The van der Waals surface area contributed by atoms with E-state index >= 15 is 0 Å². The van der Waals surface area contributed by atoms with Crippen LogP contribution in [0.4, 0.5) is 10.5 Å². The first kappa shape index (κ1) is 22.2. The number of aliphatic hydroxyl groups excluding tert-OH is 4. The zero-order valence-corrected chi connectivity index (χ0v) is 15.9. The van der Waals surface area contributed by atoms with Gasteiger partial charge in [-0.25, -0.2) is 4.79 Å². The zero-order chi connectivity index (χ0) is 20.8. The van der Waals surface area contributed by atoms with Gasteiger partial charge in [0, 0.05) is 11.8 Å². The summed E-state index contributed by atoms with van der Waals surface area (Å²) in [7, 11) is 0. The Morgan fingerprint density at radius 1 is 1.18 bits per heavy atom. The van der Waals surface area contributed by atoms with Crippen molar-refractivity contribution in [2.75, 3.05) is 18.5 Å². The van der Waals surface area contributed by atoms with Gasteiger partial charge in [0.1, 0.15) is 24.4 Å². The van der Waals surface area contributed by atoms with Crippen molar-refractivity contribution < 1.29 is 44.2 Å². The first-order valence-electron chi connectivity index (χ1n) is 8.98. The Hall–Kier alpha value is -2.11. The Labute approximate surface area is 162 Å².